The SMILES string of the molecule is CC(C(=O)NC1CCCCCC1)n1nc(-c2ccccc2)c2cc(Cl)ccc21. The molecule has 1 atom stereocenters. The number of benzene rings is 2. The van der Waals surface area contributed by atoms with Crippen molar-refractivity contribution in [2.45, 2.75) is 57.5 Å². The molecule has 0 spiro atoms. The van der Waals surface area contributed by atoms with Crippen molar-refractivity contribution in [1.29, 1.82) is 0 Å². The zero-order chi connectivity index (χ0) is 19.5. The summed E-state index contributed by atoms with van der Waals surface area (Å²) < 4.78 is 1.83. The summed E-state index contributed by atoms with van der Waals surface area (Å²) in [4.78, 5) is 13.0. The summed E-state index contributed by atoms with van der Waals surface area (Å²) >= 11 is 6.26. The molecule has 146 valence electrons. The predicted molar refractivity (Wildman–Crippen MR) is 115 cm³/mol. The molecule has 1 fully saturated rings. The van der Waals surface area contributed by atoms with Crippen LogP contribution in [0.15, 0.2) is 48.5 Å². The van der Waals surface area contributed by atoms with Gasteiger partial charge in [-0.05, 0) is 38.0 Å². The van der Waals surface area contributed by atoms with Crippen LogP contribution < -0.4 is 5.32 Å². The number of carbonyl (C=O) groups excluding carboxylic acids is 1. The van der Waals surface area contributed by atoms with E-state index in [0.29, 0.717) is 5.02 Å². The summed E-state index contributed by atoms with van der Waals surface area (Å²) in [7, 11) is 0. The average molecular weight is 396 g/mol. The van der Waals surface area contributed by atoms with E-state index in [1.54, 1.807) is 0 Å². The van der Waals surface area contributed by atoms with Crippen LogP contribution in [-0.4, -0.2) is 21.7 Å². The molecule has 1 heterocycles. The standard InChI is InChI=1S/C23H26ClN3O/c1-16(23(28)25-19-11-7-2-3-8-12-19)27-21-14-13-18(24)15-20(21)22(26-27)17-9-5-4-6-10-17/h4-6,9-10,13-16,19H,2-3,7-8,11-12H2,1H3,(H,25,28). The third kappa shape index (κ3) is 3.93. The van der Waals surface area contributed by atoms with E-state index in [2.05, 4.69) is 5.32 Å². The van der Waals surface area contributed by atoms with Gasteiger partial charge in [0, 0.05) is 22.0 Å². The molecule has 1 N–H and O–H groups in total. The quantitative estimate of drug-likeness (QED) is 0.571. The Labute approximate surface area is 170 Å². The van der Waals surface area contributed by atoms with E-state index in [1.165, 1.54) is 25.7 Å². The molecule has 1 aliphatic carbocycles. The molecule has 1 unspecified atom stereocenters. The predicted octanol–water partition coefficient (Wildman–Crippen LogP) is 5.76. The lowest BCUT2D eigenvalue weighted by molar-refractivity contribution is -0.124. The molecule has 2 aromatic carbocycles. The first kappa shape index (κ1) is 19.0. The van der Waals surface area contributed by atoms with Gasteiger partial charge in [0.1, 0.15) is 11.7 Å². The maximum atomic E-state index is 13.0. The Morgan fingerprint density at radius 2 is 1.82 bits per heavy atom. The summed E-state index contributed by atoms with van der Waals surface area (Å²) in [5.74, 6) is 0.0332. The second-order valence-electron chi connectivity index (χ2n) is 7.69. The molecular weight excluding hydrogens is 370 g/mol. The van der Waals surface area contributed by atoms with Crippen LogP contribution in [0.4, 0.5) is 0 Å². The molecular formula is C23H26ClN3O. The van der Waals surface area contributed by atoms with Gasteiger partial charge in [0.05, 0.1) is 5.52 Å². The van der Waals surface area contributed by atoms with E-state index < -0.39 is 0 Å². The van der Waals surface area contributed by atoms with Gasteiger partial charge in [-0.25, -0.2) is 0 Å². The van der Waals surface area contributed by atoms with Gasteiger partial charge in [-0.1, -0.05) is 67.6 Å². The smallest absolute Gasteiger partial charge is 0.244 e. The molecule has 4 rings (SSSR count). The molecule has 1 amide bonds. The van der Waals surface area contributed by atoms with Crippen LogP contribution in [0.3, 0.4) is 0 Å². The molecule has 1 aromatic heterocycles. The highest BCUT2D eigenvalue weighted by Gasteiger charge is 2.24. The van der Waals surface area contributed by atoms with E-state index in [0.717, 1.165) is 35.0 Å². The molecule has 28 heavy (non-hydrogen) atoms. The third-order valence-corrected chi connectivity index (χ3v) is 5.90. The van der Waals surface area contributed by atoms with Crippen LogP contribution in [0.5, 0.6) is 0 Å². The van der Waals surface area contributed by atoms with Gasteiger partial charge in [-0.2, -0.15) is 5.10 Å². The lowest BCUT2D eigenvalue weighted by atomic mass is 10.1. The fraction of sp³-hybridized carbons (Fsp3) is 0.391. The van der Waals surface area contributed by atoms with Gasteiger partial charge in [0.2, 0.25) is 5.91 Å². The highest BCUT2D eigenvalue weighted by Crippen LogP contribution is 2.32. The first-order chi connectivity index (χ1) is 13.6. The van der Waals surface area contributed by atoms with Crippen molar-refractivity contribution in [3.8, 4) is 11.3 Å². The number of nitrogens with one attached hydrogen (secondary N) is 1. The molecule has 1 aliphatic rings. The topological polar surface area (TPSA) is 46.9 Å². The Morgan fingerprint density at radius 1 is 1.11 bits per heavy atom. The summed E-state index contributed by atoms with van der Waals surface area (Å²) in [6, 6.07) is 15.7. The summed E-state index contributed by atoms with van der Waals surface area (Å²) in [5, 5.41) is 9.72. The van der Waals surface area contributed by atoms with Gasteiger partial charge in [-0.3, -0.25) is 9.48 Å². The largest absolute Gasteiger partial charge is 0.352 e. The van der Waals surface area contributed by atoms with Crippen LogP contribution in [0.2, 0.25) is 5.02 Å². The number of halogens is 1. The monoisotopic (exact) mass is 395 g/mol. The van der Waals surface area contributed by atoms with E-state index >= 15 is 0 Å². The molecule has 0 saturated heterocycles. The Bertz CT molecular complexity index is 959. The van der Waals surface area contributed by atoms with Crippen molar-refractivity contribution in [2.75, 3.05) is 0 Å². The van der Waals surface area contributed by atoms with Crippen molar-refractivity contribution >= 4 is 28.4 Å². The number of rotatable bonds is 4. The Morgan fingerprint density at radius 3 is 2.54 bits per heavy atom. The van der Waals surface area contributed by atoms with E-state index in [-0.39, 0.29) is 18.0 Å². The van der Waals surface area contributed by atoms with Crippen LogP contribution in [-0.2, 0) is 4.79 Å². The lowest BCUT2D eigenvalue weighted by Crippen LogP contribution is -2.38. The number of nitrogens with zero attached hydrogens (tertiary/aromatic N) is 2. The highest BCUT2D eigenvalue weighted by molar-refractivity contribution is 6.31. The minimum Gasteiger partial charge on any atom is -0.352 e. The molecule has 0 aliphatic heterocycles. The zero-order valence-electron chi connectivity index (χ0n) is 16.2. The summed E-state index contributed by atoms with van der Waals surface area (Å²) in [5.41, 5.74) is 2.80. The van der Waals surface area contributed by atoms with Crippen LogP contribution in [0, 0.1) is 0 Å². The van der Waals surface area contributed by atoms with E-state index in [9.17, 15) is 4.79 Å². The fourth-order valence-corrected chi connectivity index (χ4v) is 4.25. The van der Waals surface area contributed by atoms with Crippen LogP contribution in [0.25, 0.3) is 22.2 Å². The molecule has 4 nitrogen and oxygen atoms in total. The number of carbonyl (C=O) groups is 1. The molecule has 1 saturated carbocycles. The van der Waals surface area contributed by atoms with E-state index in [1.807, 2.05) is 60.1 Å². The maximum absolute atomic E-state index is 13.0. The molecule has 0 bridgehead atoms. The van der Waals surface area contributed by atoms with Gasteiger partial charge in [0.15, 0.2) is 0 Å². The average Bonchev–Trinajstić information content (AvgIpc) is 2.88. The Kier molecular flexibility index (Phi) is 5.67. The molecule has 0 radical (unpaired) electrons. The summed E-state index contributed by atoms with van der Waals surface area (Å²) in [6.07, 6.45) is 7.08. The minimum absolute atomic E-state index is 0.0332. The normalized spacial score (nSPS) is 16.6. The van der Waals surface area contributed by atoms with Crippen molar-refractivity contribution in [2.24, 2.45) is 0 Å². The van der Waals surface area contributed by atoms with Crippen molar-refractivity contribution < 1.29 is 4.79 Å². The lowest BCUT2D eigenvalue weighted by Gasteiger charge is -2.20. The van der Waals surface area contributed by atoms with Crippen molar-refractivity contribution in [3.05, 3.63) is 53.6 Å². The Balaban J connectivity index is 1.67. The van der Waals surface area contributed by atoms with Gasteiger partial charge >= 0.3 is 0 Å². The minimum atomic E-state index is -0.385. The number of aromatic nitrogens is 2. The molecule has 3 aromatic rings. The van der Waals surface area contributed by atoms with Crippen LogP contribution in [0.1, 0.15) is 51.5 Å². The number of hydrogen-bond donors (Lipinski definition) is 1. The van der Waals surface area contributed by atoms with Gasteiger partial charge in [0.25, 0.3) is 0 Å². The third-order valence-electron chi connectivity index (χ3n) is 5.66. The molecule has 5 heteroatoms. The number of fused-ring (bicyclic) bond motifs is 1. The summed E-state index contributed by atoms with van der Waals surface area (Å²) in [6.45, 7) is 1.92. The maximum Gasteiger partial charge on any atom is 0.244 e. The van der Waals surface area contributed by atoms with Crippen LogP contribution >= 0.6 is 11.6 Å². The second-order valence-corrected chi connectivity index (χ2v) is 8.13. The number of hydrogen-bond acceptors (Lipinski definition) is 2. The second kappa shape index (κ2) is 8.36. The first-order valence-electron chi connectivity index (χ1n) is 10.2. The Hall–Kier alpha value is -2.33. The van der Waals surface area contributed by atoms with Gasteiger partial charge < -0.3 is 5.32 Å². The van der Waals surface area contributed by atoms with Crippen molar-refractivity contribution in [3.63, 3.8) is 0 Å². The first-order valence-corrected chi connectivity index (χ1v) is 10.5. The highest BCUT2D eigenvalue weighted by atomic mass is 35.5. The number of amides is 1. The fourth-order valence-electron chi connectivity index (χ4n) is 4.07. The van der Waals surface area contributed by atoms with Gasteiger partial charge in [-0.15, -0.1) is 0 Å². The zero-order valence-corrected chi connectivity index (χ0v) is 17.0. The van der Waals surface area contributed by atoms with Crippen molar-refractivity contribution in [1.82, 2.24) is 15.1 Å². The van der Waals surface area contributed by atoms with E-state index in [4.69, 9.17) is 16.7 Å².